The lowest BCUT2D eigenvalue weighted by Crippen LogP contribution is -2.29. The minimum Gasteiger partial charge on any atom is -0.497 e. The molecule has 4 nitrogen and oxygen atoms in total. The Morgan fingerprint density at radius 2 is 1.60 bits per heavy atom. The highest BCUT2D eigenvalue weighted by atomic mass is 16.5. The Bertz CT molecular complexity index is 1040. The molecular weight excluding hydrogens is 374 g/mol. The van der Waals surface area contributed by atoms with E-state index in [1.807, 2.05) is 30.3 Å². The van der Waals surface area contributed by atoms with Crippen molar-refractivity contribution in [2.24, 2.45) is 0 Å². The van der Waals surface area contributed by atoms with Crippen LogP contribution in [-0.2, 0) is 19.4 Å². The molecule has 0 saturated carbocycles. The number of rotatable bonds is 7. The van der Waals surface area contributed by atoms with Gasteiger partial charge in [-0.05, 0) is 41.0 Å². The summed E-state index contributed by atoms with van der Waals surface area (Å²) in [6.07, 6.45) is 1.85. The van der Waals surface area contributed by atoms with Crippen molar-refractivity contribution in [1.29, 1.82) is 0 Å². The standard InChI is InChI=1S/C26H28NO3/c1-27-14-13-21-16-25(29-3)26(30-18-20-7-5-4-6-8-20)17-23(21)24(27)15-19-9-11-22(28-2)12-10-19/h4-12,16-17H,13-15,18H2,1-3H3/q+1. The molecule has 1 heterocycles. The van der Waals surface area contributed by atoms with Crippen LogP contribution >= 0.6 is 0 Å². The average molecular weight is 403 g/mol. The van der Waals surface area contributed by atoms with Gasteiger partial charge in [0.05, 0.1) is 20.6 Å². The normalized spacial score (nSPS) is 13.0. The second kappa shape index (κ2) is 9.04. The fourth-order valence-corrected chi connectivity index (χ4v) is 3.88. The van der Waals surface area contributed by atoms with E-state index in [0.29, 0.717) is 6.61 Å². The van der Waals surface area contributed by atoms with Crippen LogP contribution in [0.3, 0.4) is 0 Å². The lowest BCUT2D eigenvalue weighted by atomic mass is 9.92. The summed E-state index contributed by atoms with van der Waals surface area (Å²) < 4.78 is 19.5. The largest absolute Gasteiger partial charge is 0.497 e. The Labute approximate surface area is 178 Å². The molecule has 0 fully saturated rings. The highest BCUT2D eigenvalue weighted by molar-refractivity contribution is 6.00. The molecule has 0 N–H and O–H groups in total. The molecule has 4 rings (SSSR count). The molecule has 4 heteroatoms. The van der Waals surface area contributed by atoms with Gasteiger partial charge in [0.2, 0.25) is 0 Å². The van der Waals surface area contributed by atoms with Gasteiger partial charge in [0.25, 0.3) is 0 Å². The van der Waals surface area contributed by atoms with E-state index in [0.717, 1.165) is 42.2 Å². The zero-order valence-corrected chi connectivity index (χ0v) is 17.9. The van der Waals surface area contributed by atoms with Crippen molar-refractivity contribution in [3.8, 4) is 17.2 Å². The second-order valence-corrected chi connectivity index (χ2v) is 7.58. The van der Waals surface area contributed by atoms with Gasteiger partial charge in [-0.25, -0.2) is 4.58 Å². The minimum absolute atomic E-state index is 0.514. The highest BCUT2D eigenvalue weighted by Crippen LogP contribution is 2.34. The van der Waals surface area contributed by atoms with Gasteiger partial charge in [-0.3, -0.25) is 0 Å². The molecule has 30 heavy (non-hydrogen) atoms. The topological polar surface area (TPSA) is 30.7 Å². The van der Waals surface area contributed by atoms with Gasteiger partial charge in [0.1, 0.15) is 25.9 Å². The molecule has 0 aromatic heterocycles. The number of nitrogens with zero attached hydrogens (tertiary/aromatic N) is 1. The molecule has 0 unspecified atom stereocenters. The summed E-state index contributed by atoms with van der Waals surface area (Å²) in [4.78, 5) is 0. The number of methoxy groups -OCH3 is 2. The van der Waals surface area contributed by atoms with Crippen molar-refractivity contribution in [3.05, 3.63) is 89.0 Å². The van der Waals surface area contributed by atoms with Crippen LogP contribution in [0.4, 0.5) is 0 Å². The fraction of sp³-hybridized carbons (Fsp3) is 0.269. The maximum absolute atomic E-state index is 6.17. The Morgan fingerprint density at radius 1 is 0.833 bits per heavy atom. The van der Waals surface area contributed by atoms with Gasteiger partial charge in [-0.15, -0.1) is 0 Å². The first-order valence-electron chi connectivity index (χ1n) is 10.3. The third-order valence-electron chi connectivity index (χ3n) is 5.65. The van der Waals surface area contributed by atoms with Crippen LogP contribution in [0, 0.1) is 0 Å². The summed E-state index contributed by atoms with van der Waals surface area (Å²) in [6, 6.07) is 22.8. The van der Waals surface area contributed by atoms with Gasteiger partial charge < -0.3 is 14.2 Å². The van der Waals surface area contributed by atoms with Crippen LogP contribution < -0.4 is 14.2 Å². The van der Waals surface area contributed by atoms with E-state index >= 15 is 0 Å². The monoisotopic (exact) mass is 402 g/mol. The van der Waals surface area contributed by atoms with E-state index in [-0.39, 0.29) is 0 Å². The van der Waals surface area contributed by atoms with Crippen molar-refractivity contribution >= 4 is 5.71 Å². The summed E-state index contributed by atoms with van der Waals surface area (Å²) >= 11 is 0. The van der Waals surface area contributed by atoms with Crippen LogP contribution in [0.25, 0.3) is 0 Å². The molecular formula is C26H28NO3+. The van der Waals surface area contributed by atoms with Gasteiger partial charge in [-0.1, -0.05) is 42.5 Å². The minimum atomic E-state index is 0.514. The van der Waals surface area contributed by atoms with Crippen molar-refractivity contribution in [2.75, 3.05) is 27.8 Å². The third kappa shape index (κ3) is 4.33. The maximum atomic E-state index is 6.17. The number of ether oxygens (including phenoxy) is 3. The molecule has 1 aliphatic rings. The van der Waals surface area contributed by atoms with E-state index in [1.165, 1.54) is 22.4 Å². The van der Waals surface area contributed by atoms with E-state index in [9.17, 15) is 0 Å². The fourth-order valence-electron chi connectivity index (χ4n) is 3.88. The van der Waals surface area contributed by atoms with E-state index in [2.05, 4.69) is 48.0 Å². The molecule has 0 radical (unpaired) electrons. The van der Waals surface area contributed by atoms with E-state index < -0.39 is 0 Å². The Morgan fingerprint density at radius 3 is 2.30 bits per heavy atom. The van der Waals surface area contributed by atoms with Crippen LogP contribution in [-0.4, -0.2) is 38.1 Å². The zero-order valence-electron chi connectivity index (χ0n) is 17.9. The first-order chi connectivity index (χ1) is 14.7. The number of likely N-dealkylation sites (N-methyl/N-ethyl adjacent to an activating group) is 1. The zero-order chi connectivity index (χ0) is 20.9. The highest BCUT2D eigenvalue weighted by Gasteiger charge is 2.26. The summed E-state index contributed by atoms with van der Waals surface area (Å²) in [6.45, 7) is 1.51. The lowest BCUT2D eigenvalue weighted by molar-refractivity contribution is -0.498. The molecule has 0 bridgehead atoms. The van der Waals surface area contributed by atoms with Crippen molar-refractivity contribution in [2.45, 2.75) is 19.4 Å². The number of hydrogen-bond acceptors (Lipinski definition) is 3. The smallest absolute Gasteiger partial charge is 0.187 e. The molecule has 0 amide bonds. The first kappa shape index (κ1) is 20.0. The van der Waals surface area contributed by atoms with Crippen LogP contribution in [0.2, 0.25) is 0 Å². The van der Waals surface area contributed by atoms with Crippen LogP contribution in [0.15, 0.2) is 66.7 Å². The van der Waals surface area contributed by atoms with Crippen molar-refractivity contribution in [1.82, 2.24) is 0 Å². The van der Waals surface area contributed by atoms with Crippen molar-refractivity contribution < 1.29 is 18.8 Å². The number of hydrogen-bond donors (Lipinski definition) is 0. The molecule has 0 aliphatic carbocycles. The average Bonchev–Trinajstić information content (AvgIpc) is 2.80. The van der Waals surface area contributed by atoms with Crippen LogP contribution in [0.5, 0.6) is 17.2 Å². The van der Waals surface area contributed by atoms with E-state index in [4.69, 9.17) is 14.2 Å². The summed E-state index contributed by atoms with van der Waals surface area (Å²) in [5.74, 6) is 2.45. The SMILES string of the molecule is COc1ccc(CC2=[N+](C)CCc3cc(OC)c(OCc4ccccc4)cc32)cc1. The van der Waals surface area contributed by atoms with Gasteiger partial charge >= 0.3 is 0 Å². The molecule has 3 aromatic carbocycles. The first-order valence-corrected chi connectivity index (χ1v) is 10.3. The Balaban J connectivity index is 1.64. The van der Waals surface area contributed by atoms with Crippen LogP contribution in [0.1, 0.15) is 22.3 Å². The van der Waals surface area contributed by atoms with E-state index in [1.54, 1.807) is 14.2 Å². The third-order valence-corrected chi connectivity index (χ3v) is 5.65. The predicted octanol–water partition coefficient (Wildman–Crippen LogP) is 4.51. The predicted molar refractivity (Wildman–Crippen MR) is 119 cm³/mol. The van der Waals surface area contributed by atoms with Gasteiger partial charge in [0.15, 0.2) is 17.2 Å². The van der Waals surface area contributed by atoms with Crippen molar-refractivity contribution in [3.63, 3.8) is 0 Å². The molecule has 0 saturated heterocycles. The summed E-state index contributed by atoms with van der Waals surface area (Å²) in [5.41, 5.74) is 6.24. The molecule has 3 aromatic rings. The van der Waals surface area contributed by atoms with Gasteiger partial charge in [0, 0.05) is 12.0 Å². The lowest BCUT2D eigenvalue weighted by Gasteiger charge is -2.20. The quantitative estimate of drug-likeness (QED) is 0.545. The number of fused-ring (bicyclic) bond motifs is 1. The Hall–Kier alpha value is -3.27. The second-order valence-electron chi connectivity index (χ2n) is 7.58. The molecule has 154 valence electrons. The van der Waals surface area contributed by atoms with Gasteiger partial charge in [-0.2, -0.15) is 0 Å². The molecule has 1 aliphatic heterocycles. The Kier molecular flexibility index (Phi) is 6.03. The summed E-state index contributed by atoms with van der Waals surface area (Å²) in [5, 5.41) is 0. The molecule has 0 spiro atoms. The number of benzene rings is 3. The maximum Gasteiger partial charge on any atom is 0.187 e. The molecule has 0 atom stereocenters. The summed E-state index contributed by atoms with van der Waals surface area (Å²) in [7, 11) is 5.56.